The topological polar surface area (TPSA) is 70.5 Å². The van der Waals surface area contributed by atoms with Gasteiger partial charge in [0.15, 0.2) is 0 Å². The summed E-state index contributed by atoms with van der Waals surface area (Å²) >= 11 is 11.7. The van der Waals surface area contributed by atoms with E-state index in [0.29, 0.717) is 19.4 Å². The molecule has 1 aromatic heterocycles. The Labute approximate surface area is 120 Å². The molecule has 7 heteroatoms. The Hall–Kier alpha value is -1.33. The van der Waals surface area contributed by atoms with Crippen molar-refractivity contribution in [1.82, 2.24) is 9.88 Å². The largest absolute Gasteiger partial charge is 0.481 e. The number of aromatic nitrogens is 1. The molecule has 2 heterocycles. The third kappa shape index (κ3) is 3.16. The number of amides is 1. The maximum atomic E-state index is 12.3. The van der Waals surface area contributed by atoms with Gasteiger partial charge in [-0.1, -0.05) is 23.2 Å². The van der Waals surface area contributed by atoms with E-state index in [4.69, 9.17) is 28.3 Å². The van der Waals surface area contributed by atoms with Crippen molar-refractivity contribution in [2.75, 3.05) is 13.1 Å². The number of pyridine rings is 1. The number of carboxylic acid groups (broad SMARTS) is 1. The highest BCUT2D eigenvalue weighted by Crippen LogP contribution is 2.23. The maximum Gasteiger partial charge on any atom is 0.308 e. The van der Waals surface area contributed by atoms with Crippen molar-refractivity contribution in [3.63, 3.8) is 0 Å². The lowest BCUT2D eigenvalue weighted by molar-refractivity contribution is -0.143. The molecule has 1 aliphatic heterocycles. The van der Waals surface area contributed by atoms with E-state index in [1.807, 2.05) is 0 Å². The van der Waals surface area contributed by atoms with Crippen LogP contribution in [-0.4, -0.2) is 40.0 Å². The van der Waals surface area contributed by atoms with Crippen LogP contribution in [0.2, 0.25) is 10.2 Å². The molecule has 1 atom stereocenters. The van der Waals surface area contributed by atoms with Gasteiger partial charge in [-0.3, -0.25) is 9.59 Å². The van der Waals surface area contributed by atoms with E-state index >= 15 is 0 Å². The van der Waals surface area contributed by atoms with Crippen molar-refractivity contribution >= 4 is 35.1 Å². The van der Waals surface area contributed by atoms with Crippen LogP contribution in [0.4, 0.5) is 0 Å². The van der Waals surface area contributed by atoms with E-state index in [-0.39, 0.29) is 28.2 Å². The van der Waals surface area contributed by atoms with Gasteiger partial charge in [-0.05, 0) is 18.9 Å². The molecule has 1 N–H and O–H groups in total. The summed E-state index contributed by atoms with van der Waals surface area (Å²) in [5.74, 6) is -1.70. The zero-order chi connectivity index (χ0) is 14.0. The van der Waals surface area contributed by atoms with Gasteiger partial charge < -0.3 is 10.0 Å². The highest BCUT2D eigenvalue weighted by molar-refractivity contribution is 6.35. The van der Waals surface area contributed by atoms with Crippen molar-refractivity contribution in [3.8, 4) is 0 Å². The minimum atomic E-state index is -0.878. The van der Waals surface area contributed by atoms with Crippen LogP contribution in [0.15, 0.2) is 12.3 Å². The van der Waals surface area contributed by atoms with Gasteiger partial charge in [-0.15, -0.1) is 0 Å². The number of hydrogen-bond acceptors (Lipinski definition) is 3. The van der Waals surface area contributed by atoms with Crippen LogP contribution in [0.25, 0.3) is 0 Å². The summed E-state index contributed by atoms with van der Waals surface area (Å²) < 4.78 is 0. The number of aliphatic carboxylic acids is 1. The third-order valence-corrected chi connectivity index (χ3v) is 3.62. The number of piperidine rings is 1. The summed E-state index contributed by atoms with van der Waals surface area (Å²) in [6.45, 7) is 0.726. The fraction of sp³-hybridized carbons (Fsp3) is 0.417. The van der Waals surface area contributed by atoms with Crippen LogP contribution in [0.5, 0.6) is 0 Å². The molecule has 5 nitrogen and oxygen atoms in total. The molecular formula is C12H12Cl2N2O3. The number of nitrogens with zero attached hydrogens (tertiary/aromatic N) is 2. The Balaban J connectivity index is 2.19. The molecule has 19 heavy (non-hydrogen) atoms. The average Bonchev–Trinajstić information content (AvgIpc) is 2.41. The van der Waals surface area contributed by atoms with Gasteiger partial charge in [0.25, 0.3) is 5.91 Å². The summed E-state index contributed by atoms with van der Waals surface area (Å²) in [5, 5.41) is 9.41. The molecule has 1 unspecified atom stereocenters. The maximum absolute atomic E-state index is 12.3. The lowest BCUT2D eigenvalue weighted by atomic mass is 9.98. The molecular weight excluding hydrogens is 291 g/mol. The minimum Gasteiger partial charge on any atom is -0.481 e. The van der Waals surface area contributed by atoms with E-state index < -0.39 is 11.9 Å². The molecule has 1 fully saturated rings. The summed E-state index contributed by atoms with van der Waals surface area (Å²) in [7, 11) is 0. The zero-order valence-corrected chi connectivity index (χ0v) is 11.5. The Kier molecular flexibility index (Phi) is 4.27. The molecule has 1 aromatic rings. The monoisotopic (exact) mass is 302 g/mol. The predicted octanol–water partition coefficient (Wildman–Crippen LogP) is 2.33. The van der Waals surface area contributed by atoms with E-state index in [2.05, 4.69) is 4.98 Å². The van der Waals surface area contributed by atoms with Crippen LogP contribution in [-0.2, 0) is 4.79 Å². The van der Waals surface area contributed by atoms with Crippen LogP contribution >= 0.6 is 23.2 Å². The normalized spacial score (nSPS) is 19.3. The van der Waals surface area contributed by atoms with Crippen molar-refractivity contribution in [2.24, 2.45) is 5.92 Å². The van der Waals surface area contributed by atoms with Gasteiger partial charge in [0, 0.05) is 19.3 Å². The molecule has 1 saturated heterocycles. The molecule has 0 saturated carbocycles. The second-order valence-corrected chi connectivity index (χ2v) is 5.21. The first kappa shape index (κ1) is 14.1. The Morgan fingerprint density at radius 3 is 2.84 bits per heavy atom. The average molecular weight is 303 g/mol. The summed E-state index contributed by atoms with van der Waals surface area (Å²) in [4.78, 5) is 28.6. The molecule has 0 aliphatic carbocycles. The first-order valence-electron chi connectivity index (χ1n) is 5.82. The van der Waals surface area contributed by atoms with Crippen LogP contribution < -0.4 is 0 Å². The molecule has 2 rings (SSSR count). The van der Waals surface area contributed by atoms with E-state index in [1.165, 1.54) is 17.2 Å². The number of rotatable bonds is 2. The predicted molar refractivity (Wildman–Crippen MR) is 70.5 cm³/mol. The molecule has 0 aromatic carbocycles. The summed E-state index contributed by atoms with van der Waals surface area (Å²) in [5.41, 5.74) is 0.257. The first-order valence-corrected chi connectivity index (χ1v) is 6.57. The fourth-order valence-electron chi connectivity index (χ4n) is 2.11. The number of likely N-dealkylation sites (tertiary alicyclic amines) is 1. The summed E-state index contributed by atoms with van der Waals surface area (Å²) in [6, 6.07) is 1.40. The van der Waals surface area contributed by atoms with Gasteiger partial charge in [0.1, 0.15) is 5.15 Å². The molecule has 1 amide bonds. The molecule has 0 bridgehead atoms. The molecule has 1 aliphatic rings. The second-order valence-electron chi connectivity index (χ2n) is 4.42. The van der Waals surface area contributed by atoms with Crippen molar-refractivity contribution in [1.29, 1.82) is 0 Å². The number of halogens is 2. The van der Waals surface area contributed by atoms with Crippen LogP contribution in [0.1, 0.15) is 23.2 Å². The Morgan fingerprint density at radius 2 is 2.16 bits per heavy atom. The van der Waals surface area contributed by atoms with Gasteiger partial charge in [-0.2, -0.15) is 0 Å². The smallest absolute Gasteiger partial charge is 0.308 e. The Bertz CT molecular complexity index is 522. The standard InChI is InChI=1S/C12H12Cl2N2O3/c13-9-5-15-10(14)4-8(9)11(17)16-3-1-2-7(6-16)12(18)19/h4-5,7H,1-3,6H2,(H,18,19). The number of carbonyl (C=O) groups is 2. The van der Waals surface area contributed by atoms with Crippen molar-refractivity contribution in [3.05, 3.63) is 28.0 Å². The minimum absolute atomic E-state index is 0.180. The van der Waals surface area contributed by atoms with E-state index in [9.17, 15) is 9.59 Å². The lowest BCUT2D eigenvalue weighted by Gasteiger charge is -2.30. The number of carboxylic acids is 1. The summed E-state index contributed by atoms with van der Waals surface area (Å²) in [6.07, 6.45) is 2.57. The SMILES string of the molecule is O=C(O)C1CCCN(C(=O)c2cc(Cl)ncc2Cl)C1. The van der Waals surface area contributed by atoms with Gasteiger partial charge in [0.2, 0.25) is 0 Å². The van der Waals surface area contributed by atoms with Crippen LogP contribution in [0, 0.1) is 5.92 Å². The van der Waals surface area contributed by atoms with Gasteiger partial charge in [0.05, 0.1) is 16.5 Å². The number of carbonyl (C=O) groups excluding carboxylic acids is 1. The zero-order valence-electron chi connectivity index (χ0n) is 9.97. The molecule has 102 valence electrons. The van der Waals surface area contributed by atoms with Crippen LogP contribution in [0.3, 0.4) is 0 Å². The van der Waals surface area contributed by atoms with E-state index in [1.54, 1.807) is 0 Å². The molecule has 0 radical (unpaired) electrons. The van der Waals surface area contributed by atoms with Gasteiger partial charge in [-0.25, -0.2) is 4.98 Å². The van der Waals surface area contributed by atoms with Crippen molar-refractivity contribution in [2.45, 2.75) is 12.8 Å². The fourth-order valence-corrected chi connectivity index (χ4v) is 2.45. The Morgan fingerprint density at radius 1 is 1.42 bits per heavy atom. The second kappa shape index (κ2) is 5.75. The van der Waals surface area contributed by atoms with E-state index in [0.717, 1.165) is 0 Å². The van der Waals surface area contributed by atoms with Gasteiger partial charge >= 0.3 is 5.97 Å². The third-order valence-electron chi connectivity index (χ3n) is 3.11. The first-order chi connectivity index (χ1) is 8.99. The van der Waals surface area contributed by atoms with Crippen molar-refractivity contribution < 1.29 is 14.7 Å². The quantitative estimate of drug-likeness (QED) is 0.851. The highest BCUT2D eigenvalue weighted by atomic mass is 35.5. The highest BCUT2D eigenvalue weighted by Gasteiger charge is 2.29. The lowest BCUT2D eigenvalue weighted by Crippen LogP contribution is -2.42. The number of hydrogen-bond donors (Lipinski definition) is 1. The molecule has 0 spiro atoms.